The minimum Gasteiger partial charge on any atom is -0.482 e. The molecule has 0 heterocycles. The van der Waals surface area contributed by atoms with E-state index in [2.05, 4.69) is 20.8 Å². The predicted octanol–water partition coefficient (Wildman–Crippen LogP) is 2.76. The summed E-state index contributed by atoms with van der Waals surface area (Å²) in [4.78, 5) is 10.5. The zero-order chi connectivity index (χ0) is 12.3. The molecule has 1 aromatic carbocycles. The van der Waals surface area contributed by atoms with Gasteiger partial charge in [0.05, 0.1) is 0 Å². The Bertz CT molecular complexity index is 389. The van der Waals surface area contributed by atoms with E-state index in [4.69, 9.17) is 9.84 Å². The standard InChI is InChI=1S/C13H18O3/c1-9-5-6-11(16-8-12(14)15)10(7-9)13(2,3)4/h5-7H,8H2,1-4H3,(H,14,15). The number of carbonyl (C=O) groups is 1. The summed E-state index contributed by atoms with van der Waals surface area (Å²) in [7, 11) is 0. The Balaban J connectivity index is 3.03. The average molecular weight is 222 g/mol. The fraction of sp³-hybridized carbons (Fsp3) is 0.462. The second kappa shape index (κ2) is 4.56. The smallest absolute Gasteiger partial charge is 0.341 e. The van der Waals surface area contributed by atoms with Gasteiger partial charge in [-0.3, -0.25) is 0 Å². The molecule has 0 saturated heterocycles. The fourth-order valence-electron chi connectivity index (χ4n) is 1.50. The van der Waals surface area contributed by atoms with Crippen LogP contribution in [0.2, 0.25) is 0 Å². The molecule has 0 atom stereocenters. The van der Waals surface area contributed by atoms with Crippen LogP contribution in [0, 0.1) is 6.92 Å². The van der Waals surface area contributed by atoms with Gasteiger partial charge in [-0.2, -0.15) is 0 Å². The molecule has 0 unspecified atom stereocenters. The lowest BCUT2D eigenvalue weighted by Crippen LogP contribution is -2.16. The number of hydrogen-bond acceptors (Lipinski definition) is 2. The van der Waals surface area contributed by atoms with Crippen molar-refractivity contribution >= 4 is 5.97 Å². The Labute approximate surface area is 96.1 Å². The van der Waals surface area contributed by atoms with Crippen molar-refractivity contribution < 1.29 is 14.6 Å². The van der Waals surface area contributed by atoms with Crippen LogP contribution in [0.5, 0.6) is 5.75 Å². The molecule has 0 spiro atoms. The van der Waals surface area contributed by atoms with E-state index in [-0.39, 0.29) is 12.0 Å². The van der Waals surface area contributed by atoms with Gasteiger partial charge in [0.2, 0.25) is 0 Å². The van der Waals surface area contributed by atoms with Gasteiger partial charge < -0.3 is 9.84 Å². The Morgan fingerprint density at radius 1 is 1.38 bits per heavy atom. The minimum absolute atomic E-state index is 0.0557. The molecule has 1 aromatic rings. The van der Waals surface area contributed by atoms with Crippen molar-refractivity contribution in [2.24, 2.45) is 0 Å². The molecule has 88 valence electrons. The highest BCUT2D eigenvalue weighted by molar-refractivity contribution is 5.68. The highest BCUT2D eigenvalue weighted by Crippen LogP contribution is 2.31. The average Bonchev–Trinajstić information content (AvgIpc) is 2.14. The molecule has 0 amide bonds. The van der Waals surface area contributed by atoms with E-state index in [9.17, 15) is 4.79 Å². The van der Waals surface area contributed by atoms with Crippen LogP contribution >= 0.6 is 0 Å². The lowest BCUT2D eigenvalue weighted by atomic mass is 9.85. The number of carboxylic acid groups (broad SMARTS) is 1. The van der Waals surface area contributed by atoms with Crippen LogP contribution in [0.15, 0.2) is 18.2 Å². The molecule has 1 rings (SSSR count). The molecule has 1 N–H and O–H groups in total. The first-order chi connectivity index (χ1) is 7.30. The van der Waals surface area contributed by atoms with Crippen LogP contribution in [0.3, 0.4) is 0 Å². The summed E-state index contributed by atoms with van der Waals surface area (Å²) in [5, 5.41) is 8.60. The Morgan fingerprint density at radius 3 is 2.50 bits per heavy atom. The van der Waals surface area contributed by atoms with Crippen molar-refractivity contribution in [2.75, 3.05) is 6.61 Å². The maximum Gasteiger partial charge on any atom is 0.341 e. The molecule has 0 aliphatic rings. The number of rotatable bonds is 3. The third-order valence-corrected chi connectivity index (χ3v) is 2.29. The van der Waals surface area contributed by atoms with E-state index in [1.165, 1.54) is 0 Å². The second-order valence-corrected chi connectivity index (χ2v) is 4.93. The number of carboxylic acids is 1. The Kier molecular flexibility index (Phi) is 3.58. The van der Waals surface area contributed by atoms with Crippen molar-refractivity contribution in [2.45, 2.75) is 33.1 Å². The lowest BCUT2D eigenvalue weighted by molar-refractivity contribution is -0.139. The SMILES string of the molecule is Cc1ccc(OCC(=O)O)c(C(C)(C)C)c1. The first-order valence-electron chi connectivity index (χ1n) is 5.26. The third kappa shape index (κ3) is 3.26. The molecule has 0 aliphatic carbocycles. The van der Waals surface area contributed by atoms with Crippen molar-refractivity contribution in [3.8, 4) is 5.75 Å². The van der Waals surface area contributed by atoms with E-state index < -0.39 is 5.97 Å². The Morgan fingerprint density at radius 2 is 2.00 bits per heavy atom. The fourth-order valence-corrected chi connectivity index (χ4v) is 1.50. The number of aliphatic carboxylic acids is 1. The first-order valence-corrected chi connectivity index (χ1v) is 5.26. The molecule has 0 fully saturated rings. The summed E-state index contributed by atoms with van der Waals surface area (Å²) < 4.78 is 5.28. The second-order valence-electron chi connectivity index (χ2n) is 4.93. The van der Waals surface area contributed by atoms with Gasteiger partial charge >= 0.3 is 5.97 Å². The molecule has 0 aromatic heterocycles. The van der Waals surface area contributed by atoms with E-state index >= 15 is 0 Å². The summed E-state index contributed by atoms with van der Waals surface area (Å²) >= 11 is 0. The third-order valence-electron chi connectivity index (χ3n) is 2.29. The molecule has 0 saturated carbocycles. The van der Waals surface area contributed by atoms with Gasteiger partial charge in [0.1, 0.15) is 5.75 Å². The molecule has 16 heavy (non-hydrogen) atoms. The van der Waals surface area contributed by atoms with Crippen LogP contribution in [0.4, 0.5) is 0 Å². The van der Waals surface area contributed by atoms with E-state index in [0.717, 1.165) is 11.1 Å². The van der Waals surface area contributed by atoms with Gasteiger partial charge in [0.25, 0.3) is 0 Å². The van der Waals surface area contributed by atoms with Crippen molar-refractivity contribution in [3.05, 3.63) is 29.3 Å². The van der Waals surface area contributed by atoms with Gasteiger partial charge in [-0.25, -0.2) is 4.79 Å². The van der Waals surface area contributed by atoms with Crippen LogP contribution in [-0.4, -0.2) is 17.7 Å². The summed E-state index contributed by atoms with van der Waals surface area (Å²) in [6.07, 6.45) is 0. The minimum atomic E-state index is -0.958. The maximum atomic E-state index is 10.5. The van der Waals surface area contributed by atoms with E-state index in [1.807, 2.05) is 25.1 Å². The van der Waals surface area contributed by atoms with Crippen molar-refractivity contribution in [3.63, 3.8) is 0 Å². The molecule has 0 bridgehead atoms. The summed E-state index contributed by atoms with van der Waals surface area (Å²) in [5.74, 6) is -0.305. The van der Waals surface area contributed by atoms with Gasteiger partial charge in [0, 0.05) is 0 Å². The highest BCUT2D eigenvalue weighted by Gasteiger charge is 2.19. The molecular formula is C13H18O3. The van der Waals surface area contributed by atoms with E-state index in [1.54, 1.807) is 0 Å². The number of benzene rings is 1. The van der Waals surface area contributed by atoms with Gasteiger partial charge in [0.15, 0.2) is 6.61 Å². The van der Waals surface area contributed by atoms with Gasteiger partial charge in [-0.15, -0.1) is 0 Å². The number of aryl methyl sites for hydroxylation is 1. The highest BCUT2D eigenvalue weighted by atomic mass is 16.5. The number of ether oxygens (including phenoxy) is 1. The molecule has 0 radical (unpaired) electrons. The summed E-state index contributed by atoms with van der Waals surface area (Å²) in [5.41, 5.74) is 2.13. The monoisotopic (exact) mass is 222 g/mol. The lowest BCUT2D eigenvalue weighted by Gasteiger charge is -2.23. The zero-order valence-corrected chi connectivity index (χ0v) is 10.2. The van der Waals surface area contributed by atoms with Crippen LogP contribution < -0.4 is 4.74 Å². The zero-order valence-electron chi connectivity index (χ0n) is 10.2. The van der Waals surface area contributed by atoms with Crippen molar-refractivity contribution in [1.82, 2.24) is 0 Å². The largest absolute Gasteiger partial charge is 0.482 e. The van der Waals surface area contributed by atoms with Crippen LogP contribution in [0.1, 0.15) is 31.9 Å². The maximum absolute atomic E-state index is 10.5. The van der Waals surface area contributed by atoms with Crippen LogP contribution in [0.25, 0.3) is 0 Å². The normalized spacial score (nSPS) is 11.2. The topological polar surface area (TPSA) is 46.5 Å². The summed E-state index contributed by atoms with van der Waals surface area (Å²) in [6.45, 7) is 7.95. The van der Waals surface area contributed by atoms with E-state index in [0.29, 0.717) is 5.75 Å². The molecular weight excluding hydrogens is 204 g/mol. The van der Waals surface area contributed by atoms with Gasteiger partial charge in [-0.05, 0) is 24.0 Å². The van der Waals surface area contributed by atoms with Crippen molar-refractivity contribution in [1.29, 1.82) is 0 Å². The predicted molar refractivity (Wildman–Crippen MR) is 63.0 cm³/mol. The Hall–Kier alpha value is -1.51. The van der Waals surface area contributed by atoms with Gasteiger partial charge in [-0.1, -0.05) is 38.5 Å². The quantitative estimate of drug-likeness (QED) is 0.855. The molecule has 3 nitrogen and oxygen atoms in total. The first kappa shape index (κ1) is 12.6. The molecule has 0 aliphatic heterocycles. The molecule has 3 heteroatoms. The van der Waals surface area contributed by atoms with Crippen LogP contribution in [-0.2, 0) is 10.2 Å². The number of hydrogen-bond donors (Lipinski definition) is 1. The summed E-state index contributed by atoms with van der Waals surface area (Å²) in [6, 6.07) is 5.79.